The summed E-state index contributed by atoms with van der Waals surface area (Å²) in [6, 6.07) is 2.44. The fraction of sp³-hybridized carbons (Fsp3) is 0.400. The molecule has 0 aliphatic heterocycles. The average Bonchev–Trinajstić information content (AvgIpc) is 2.79. The second kappa shape index (κ2) is 3.17. The Morgan fingerprint density at radius 2 is 2.00 bits per heavy atom. The highest BCUT2D eigenvalue weighted by Crippen LogP contribution is 2.38. The molecule has 1 aromatic carbocycles. The van der Waals surface area contributed by atoms with Crippen LogP contribution in [0.1, 0.15) is 18.4 Å². The van der Waals surface area contributed by atoms with Crippen LogP contribution in [-0.4, -0.2) is 10.7 Å². The van der Waals surface area contributed by atoms with Gasteiger partial charge in [0.05, 0.1) is 10.6 Å². The highest BCUT2D eigenvalue weighted by molar-refractivity contribution is 6.30. The first-order chi connectivity index (χ1) is 6.50. The molecule has 0 bridgehead atoms. The molecule has 1 fully saturated rings. The molecular formula is C10H9ClF2O. The van der Waals surface area contributed by atoms with Crippen molar-refractivity contribution in [2.24, 2.45) is 0 Å². The largest absolute Gasteiger partial charge is 0.390 e. The second-order valence-corrected chi connectivity index (χ2v) is 4.18. The van der Waals surface area contributed by atoms with Gasteiger partial charge in [0.15, 0.2) is 11.6 Å². The van der Waals surface area contributed by atoms with Crippen molar-refractivity contribution in [1.82, 2.24) is 0 Å². The number of rotatable bonds is 2. The van der Waals surface area contributed by atoms with Gasteiger partial charge in [0, 0.05) is 6.42 Å². The fourth-order valence-corrected chi connectivity index (χ4v) is 1.64. The summed E-state index contributed by atoms with van der Waals surface area (Å²) < 4.78 is 25.7. The second-order valence-electron chi connectivity index (χ2n) is 3.77. The zero-order chi connectivity index (χ0) is 10.3. The standard InChI is InChI=1S/C10H9ClF2O/c11-7-3-6(4-8(12)9(7)13)5-10(14)1-2-10/h3-4,14H,1-2,5H2. The molecule has 1 aromatic rings. The van der Waals surface area contributed by atoms with Crippen LogP contribution < -0.4 is 0 Å². The van der Waals surface area contributed by atoms with Crippen molar-refractivity contribution in [3.63, 3.8) is 0 Å². The summed E-state index contributed by atoms with van der Waals surface area (Å²) in [6.45, 7) is 0. The molecule has 1 aliphatic rings. The minimum absolute atomic E-state index is 0.232. The molecule has 0 heterocycles. The van der Waals surface area contributed by atoms with E-state index >= 15 is 0 Å². The smallest absolute Gasteiger partial charge is 0.177 e. The third kappa shape index (κ3) is 1.88. The van der Waals surface area contributed by atoms with Gasteiger partial charge in [0.25, 0.3) is 0 Å². The van der Waals surface area contributed by atoms with Crippen LogP contribution in [0.15, 0.2) is 12.1 Å². The molecule has 0 amide bonds. The Hall–Kier alpha value is -0.670. The van der Waals surface area contributed by atoms with E-state index in [4.69, 9.17) is 11.6 Å². The van der Waals surface area contributed by atoms with E-state index in [1.165, 1.54) is 6.07 Å². The van der Waals surface area contributed by atoms with Crippen molar-refractivity contribution in [1.29, 1.82) is 0 Å². The Morgan fingerprint density at radius 3 is 2.50 bits per heavy atom. The van der Waals surface area contributed by atoms with E-state index in [0.29, 0.717) is 24.8 Å². The molecule has 1 aliphatic carbocycles. The topological polar surface area (TPSA) is 20.2 Å². The van der Waals surface area contributed by atoms with E-state index in [2.05, 4.69) is 0 Å². The normalized spacial score (nSPS) is 18.3. The maximum absolute atomic E-state index is 12.9. The first kappa shape index (κ1) is 9.87. The minimum Gasteiger partial charge on any atom is -0.390 e. The lowest BCUT2D eigenvalue weighted by molar-refractivity contribution is 0.151. The fourth-order valence-electron chi connectivity index (χ4n) is 1.41. The molecule has 1 nitrogen and oxygen atoms in total. The van der Waals surface area contributed by atoms with Gasteiger partial charge < -0.3 is 5.11 Å². The van der Waals surface area contributed by atoms with Gasteiger partial charge in [-0.25, -0.2) is 8.78 Å². The Balaban J connectivity index is 2.26. The molecule has 1 saturated carbocycles. The Bertz CT molecular complexity index is 351. The summed E-state index contributed by atoms with van der Waals surface area (Å²) in [5.74, 6) is -1.99. The van der Waals surface area contributed by atoms with Crippen molar-refractivity contribution >= 4 is 11.6 Å². The van der Waals surface area contributed by atoms with Crippen LogP contribution in [0.25, 0.3) is 0 Å². The number of hydrogen-bond acceptors (Lipinski definition) is 1. The summed E-state index contributed by atoms with van der Waals surface area (Å²) in [6.07, 6.45) is 1.76. The number of benzene rings is 1. The first-order valence-electron chi connectivity index (χ1n) is 4.36. The summed E-state index contributed by atoms with van der Waals surface area (Å²) in [5, 5.41) is 9.34. The summed E-state index contributed by atoms with van der Waals surface area (Å²) in [5.41, 5.74) is -0.179. The van der Waals surface area contributed by atoms with Gasteiger partial charge in [-0.3, -0.25) is 0 Å². The number of halogens is 3. The van der Waals surface area contributed by atoms with Crippen LogP contribution in [0.3, 0.4) is 0 Å². The molecule has 2 rings (SSSR count). The van der Waals surface area contributed by atoms with Gasteiger partial charge in [-0.2, -0.15) is 0 Å². The van der Waals surface area contributed by atoms with Gasteiger partial charge in [-0.1, -0.05) is 11.6 Å². The number of aliphatic hydroxyl groups is 1. The lowest BCUT2D eigenvalue weighted by Crippen LogP contribution is -2.11. The summed E-state index contributed by atoms with van der Waals surface area (Å²) in [4.78, 5) is 0. The molecule has 0 radical (unpaired) electrons. The predicted molar refractivity (Wildman–Crippen MR) is 49.3 cm³/mol. The lowest BCUT2D eigenvalue weighted by Gasteiger charge is -2.08. The van der Waals surface area contributed by atoms with Gasteiger partial charge >= 0.3 is 0 Å². The van der Waals surface area contributed by atoms with Crippen LogP contribution in [-0.2, 0) is 6.42 Å². The first-order valence-corrected chi connectivity index (χ1v) is 4.74. The van der Waals surface area contributed by atoms with E-state index in [0.717, 1.165) is 6.07 Å². The van der Waals surface area contributed by atoms with Crippen molar-refractivity contribution in [2.75, 3.05) is 0 Å². The van der Waals surface area contributed by atoms with E-state index in [9.17, 15) is 13.9 Å². The summed E-state index contributed by atoms with van der Waals surface area (Å²) in [7, 11) is 0. The Morgan fingerprint density at radius 1 is 1.36 bits per heavy atom. The highest BCUT2D eigenvalue weighted by Gasteiger charge is 2.40. The maximum atomic E-state index is 12.9. The Labute approximate surface area is 85.3 Å². The maximum Gasteiger partial charge on any atom is 0.177 e. The highest BCUT2D eigenvalue weighted by atomic mass is 35.5. The van der Waals surface area contributed by atoms with Gasteiger partial charge in [0.2, 0.25) is 0 Å². The molecule has 0 atom stereocenters. The van der Waals surface area contributed by atoms with Crippen LogP contribution >= 0.6 is 11.6 Å². The number of hydrogen-bond donors (Lipinski definition) is 1. The van der Waals surface area contributed by atoms with Crippen molar-refractivity contribution < 1.29 is 13.9 Å². The molecule has 14 heavy (non-hydrogen) atoms. The van der Waals surface area contributed by atoms with Crippen molar-refractivity contribution in [3.05, 3.63) is 34.4 Å². The van der Waals surface area contributed by atoms with E-state index in [-0.39, 0.29) is 5.02 Å². The lowest BCUT2D eigenvalue weighted by atomic mass is 10.1. The van der Waals surface area contributed by atoms with Gasteiger partial charge in [-0.15, -0.1) is 0 Å². The quantitative estimate of drug-likeness (QED) is 0.757. The molecule has 0 aromatic heterocycles. The van der Waals surface area contributed by atoms with Crippen LogP contribution in [0.2, 0.25) is 5.02 Å². The van der Waals surface area contributed by atoms with Crippen LogP contribution in [0, 0.1) is 11.6 Å². The SMILES string of the molecule is OC1(Cc2cc(F)c(F)c(Cl)c2)CC1. The molecular weight excluding hydrogens is 210 g/mol. The van der Waals surface area contributed by atoms with Crippen LogP contribution in [0.5, 0.6) is 0 Å². The van der Waals surface area contributed by atoms with E-state index in [1.54, 1.807) is 0 Å². The third-order valence-electron chi connectivity index (χ3n) is 2.40. The van der Waals surface area contributed by atoms with Crippen LogP contribution in [0.4, 0.5) is 8.78 Å². The van der Waals surface area contributed by atoms with E-state index in [1.807, 2.05) is 0 Å². The molecule has 0 spiro atoms. The Kier molecular flexibility index (Phi) is 2.24. The van der Waals surface area contributed by atoms with Gasteiger partial charge in [0.1, 0.15) is 0 Å². The molecule has 76 valence electrons. The van der Waals surface area contributed by atoms with Crippen molar-refractivity contribution in [2.45, 2.75) is 24.9 Å². The zero-order valence-corrected chi connectivity index (χ0v) is 8.11. The van der Waals surface area contributed by atoms with E-state index < -0.39 is 17.2 Å². The monoisotopic (exact) mass is 218 g/mol. The minimum atomic E-state index is -1.03. The third-order valence-corrected chi connectivity index (χ3v) is 2.68. The molecule has 1 N–H and O–H groups in total. The predicted octanol–water partition coefficient (Wildman–Crippen LogP) is 2.69. The van der Waals surface area contributed by atoms with Gasteiger partial charge in [-0.05, 0) is 30.5 Å². The molecule has 4 heteroatoms. The average molecular weight is 219 g/mol. The summed E-state index contributed by atoms with van der Waals surface area (Å²) >= 11 is 5.47. The molecule has 0 saturated heterocycles. The molecule has 0 unspecified atom stereocenters. The van der Waals surface area contributed by atoms with Crippen molar-refractivity contribution in [3.8, 4) is 0 Å². The zero-order valence-electron chi connectivity index (χ0n) is 7.36.